The number of benzene rings is 2. The molecule has 1 N–H and O–H groups in total. The summed E-state index contributed by atoms with van der Waals surface area (Å²) in [5.41, 5.74) is 2.81. The van der Waals surface area contributed by atoms with Gasteiger partial charge in [0.25, 0.3) is 11.5 Å². The zero-order chi connectivity index (χ0) is 21.8. The van der Waals surface area contributed by atoms with E-state index in [2.05, 4.69) is 21.8 Å². The fourth-order valence-electron chi connectivity index (χ4n) is 3.56. The van der Waals surface area contributed by atoms with Crippen LogP contribution in [0.4, 0.5) is 0 Å². The number of carbonyl (C=O) groups is 1. The lowest BCUT2D eigenvalue weighted by atomic mass is 10.2. The van der Waals surface area contributed by atoms with Crippen molar-refractivity contribution >= 4 is 16.9 Å². The van der Waals surface area contributed by atoms with Crippen molar-refractivity contribution in [3.63, 3.8) is 0 Å². The molecule has 0 radical (unpaired) electrons. The van der Waals surface area contributed by atoms with Crippen molar-refractivity contribution in [1.82, 2.24) is 19.4 Å². The number of rotatable bonds is 7. The van der Waals surface area contributed by atoms with Crippen molar-refractivity contribution in [2.24, 2.45) is 0 Å². The number of hydrogen-bond acceptors (Lipinski definition) is 4. The number of imidazole rings is 1. The zero-order valence-electron chi connectivity index (χ0n) is 17.5. The Morgan fingerprint density at radius 2 is 1.84 bits per heavy atom. The van der Waals surface area contributed by atoms with Gasteiger partial charge in [-0.1, -0.05) is 19.1 Å². The molecule has 31 heavy (non-hydrogen) atoms. The van der Waals surface area contributed by atoms with Crippen LogP contribution in [0.5, 0.6) is 5.75 Å². The topological polar surface area (TPSA) is 78.2 Å². The molecule has 158 valence electrons. The van der Waals surface area contributed by atoms with Crippen LogP contribution in [-0.4, -0.2) is 27.1 Å². The second-order valence-electron chi connectivity index (χ2n) is 7.18. The highest BCUT2D eigenvalue weighted by Crippen LogP contribution is 2.17. The van der Waals surface area contributed by atoms with Crippen molar-refractivity contribution in [2.75, 3.05) is 7.11 Å². The van der Waals surface area contributed by atoms with E-state index in [1.54, 1.807) is 37.6 Å². The maximum Gasteiger partial charge on any atom is 0.255 e. The van der Waals surface area contributed by atoms with E-state index in [4.69, 9.17) is 4.74 Å². The second kappa shape index (κ2) is 8.87. The number of ether oxygens (including phenoxy) is 1. The summed E-state index contributed by atoms with van der Waals surface area (Å²) < 4.78 is 8.74. The van der Waals surface area contributed by atoms with E-state index in [0.29, 0.717) is 23.5 Å². The molecular weight excluding hydrogens is 392 g/mol. The summed E-state index contributed by atoms with van der Waals surface area (Å²) in [4.78, 5) is 29.8. The number of nitrogens with zero attached hydrogens (tertiary/aromatic N) is 3. The van der Waals surface area contributed by atoms with Crippen LogP contribution in [0.1, 0.15) is 29.5 Å². The third-order valence-electron chi connectivity index (χ3n) is 5.11. The van der Waals surface area contributed by atoms with E-state index in [-0.39, 0.29) is 11.5 Å². The number of hydrogen-bond donors (Lipinski definition) is 1. The highest BCUT2D eigenvalue weighted by molar-refractivity contribution is 5.93. The Labute approximate surface area is 179 Å². The number of para-hydroxylation sites is 2. The highest BCUT2D eigenvalue weighted by atomic mass is 16.5. The molecule has 7 nitrogen and oxygen atoms in total. The molecule has 0 saturated carbocycles. The van der Waals surface area contributed by atoms with Crippen LogP contribution in [0.15, 0.2) is 71.7 Å². The van der Waals surface area contributed by atoms with Crippen LogP contribution in [0.25, 0.3) is 16.7 Å². The standard InChI is InChI=1S/C24H24N4O3/c1-3-14-27-21-7-5-4-6-20(21)26-22(27)15-25-24(30)17-8-13-23(29)28(16-17)18-9-11-19(31-2)12-10-18/h4-13,16H,3,14-15H2,1-2H3,(H,25,30). The van der Waals surface area contributed by atoms with Gasteiger partial charge < -0.3 is 14.6 Å². The molecule has 0 bridgehead atoms. The molecule has 4 aromatic rings. The van der Waals surface area contributed by atoms with E-state index in [1.165, 1.54) is 16.7 Å². The van der Waals surface area contributed by atoms with E-state index >= 15 is 0 Å². The van der Waals surface area contributed by atoms with Gasteiger partial charge >= 0.3 is 0 Å². The number of aromatic nitrogens is 3. The maximum absolute atomic E-state index is 12.8. The van der Waals surface area contributed by atoms with Crippen LogP contribution in [0, 0.1) is 0 Å². The Morgan fingerprint density at radius 1 is 1.06 bits per heavy atom. The summed E-state index contributed by atoms with van der Waals surface area (Å²) >= 11 is 0. The van der Waals surface area contributed by atoms with Gasteiger partial charge in [-0.05, 0) is 48.9 Å². The molecule has 0 atom stereocenters. The summed E-state index contributed by atoms with van der Waals surface area (Å²) in [6, 6.07) is 18.0. The highest BCUT2D eigenvalue weighted by Gasteiger charge is 2.13. The Balaban J connectivity index is 1.56. The summed E-state index contributed by atoms with van der Waals surface area (Å²) in [6.07, 6.45) is 2.52. The normalized spacial score (nSPS) is 10.9. The fourth-order valence-corrected chi connectivity index (χ4v) is 3.56. The van der Waals surface area contributed by atoms with Crippen LogP contribution < -0.4 is 15.6 Å². The van der Waals surface area contributed by atoms with Gasteiger partial charge in [0.1, 0.15) is 11.6 Å². The minimum atomic E-state index is -0.266. The molecule has 0 fully saturated rings. The van der Waals surface area contributed by atoms with Crippen molar-refractivity contribution < 1.29 is 9.53 Å². The number of aryl methyl sites for hydroxylation is 1. The lowest BCUT2D eigenvalue weighted by Crippen LogP contribution is -2.27. The van der Waals surface area contributed by atoms with E-state index in [1.807, 2.05) is 24.3 Å². The van der Waals surface area contributed by atoms with E-state index in [9.17, 15) is 9.59 Å². The second-order valence-corrected chi connectivity index (χ2v) is 7.18. The largest absolute Gasteiger partial charge is 0.497 e. The minimum absolute atomic E-state index is 0.216. The SMILES string of the molecule is CCCn1c(CNC(=O)c2ccc(=O)n(-c3ccc(OC)cc3)c2)nc2ccccc21. The average Bonchev–Trinajstić information content (AvgIpc) is 3.15. The molecule has 0 aliphatic carbocycles. The van der Waals surface area contributed by atoms with Gasteiger partial charge in [0.2, 0.25) is 0 Å². The van der Waals surface area contributed by atoms with Gasteiger partial charge in [0.05, 0.1) is 30.3 Å². The van der Waals surface area contributed by atoms with Crippen LogP contribution in [-0.2, 0) is 13.1 Å². The number of carbonyl (C=O) groups excluding carboxylic acids is 1. The lowest BCUT2D eigenvalue weighted by molar-refractivity contribution is 0.0949. The Morgan fingerprint density at radius 3 is 2.58 bits per heavy atom. The van der Waals surface area contributed by atoms with E-state index < -0.39 is 0 Å². The predicted octanol–water partition coefficient (Wildman–Crippen LogP) is 3.54. The summed E-state index contributed by atoms with van der Waals surface area (Å²) in [5, 5.41) is 2.93. The molecule has 2 aromatic heterocycles. The molecule has 7 heteroatoms. The first-order valence-corrected chi connectivity index (χ1v) is 10.2. The van der Waals surface area contributed by atoms with Gasteiger partial charge in [-0.25, -0.2) is 4.98 Å². The molecule has 0 aliphatic heterocycles. The quantitative estimate of drug-likeness (QED) is 0.500. The Bertz CT molecular complexity index is 1270. The smallest absolute Gasteiger partial charge is 0.255 e. The minimum Gasteiger partial charge on any atom is -0.497 e. The third-order valence-corrected chi connectivity index (χ3v) is 5.11. The molecule has 0 unspecified atom stereocenters. The molecule has 4 rings (SSSR count). The van der Waals surface area contributed by atoms with Gasteiger partial charge in [0.15, 0.2) is 0 Å². The predicted molar refractivity (Wildman–Crippen MR) is 120 cm³/mol. The molecule has 1 amide bonds. The first kappa shape index (κ1) is 20.4. The van der Waals surface area contributed by atoms with Gasteiger partial charge in [-0.15, -0.1) is 0 Å². The maximum atomic E-state index is 12.8. The van der Waals surface area contributed by atoms with Gasteiger partial charge in [-0.2, -0.15) is 0 Å². The number of fused-ring (bicyclic) bond motifs is 1. The number of amides is 1. The Hall–Kier alpha value is -3.87. The van der Waals surface area contributed by atoms with Crippen LogP contribution in [0.2, 0.25) is 0 Å². The summed E-state index contributed by atoms with van der Waals surface area (Å²) in [5.74, 6) is 1.23. The zero-order valence-corrected chi connectivity index (χ0v) is 17.5. The fraction of sp³-hybridized carbons (Fsp3) is 0.208. The van der Waals surface area contributed by atoms with Crippen molar-refractivity contribution in [3.8, 4) is 11.4 Å². The van der Waals surface area contributed by atoms with Crippen molar-refractivity contribution in [2.45, 2.75) is 26.4 Å². The lowest BCUT2D eigenvalue weighted by Gasteiger charge is -2.11. The molecule has 0 spiro atoms. The van der Waals surface area contributed by atoms with E-state index in [0.717, 1.165) is 29.8 Å². The first-order valence-electron chi connectivity index (χ1n) is 10.2. The molecule has 0 saturated heterocycles. The third kappa shape index (κ3) is 4.21. The molecular formula is C24H24N4O3. The molecule has 0 aliphatic rings. The molecule has 2 aromatic carbocycles. The average molecular weight is 416 g/mol. The molecule has 2 heterocycles. The van der Waals surface area contributed by atoms with Crippen LogP contribution >= 0.6 is 0 Å². The number of nitrogens with one attached hydrogen (secondary N) is 1. The van der Waals surface area contributed by atoms with Crippen molar-refractivity contribution in [3.05, 3.63) is 88.6 Å². The van der Waals surface area contributed by atoms with Crippen molar-refractivity contribution in [1.29, 1.82) is 0 Å². The first-order chi connectivity index (χ1) is 15.1. The number of methoxy groups -OCH3 is 1. The van der Waals surface area contributed by atoms with Gasteiger partial charge in [0, 0.05) is 24.5 Å². The number of pyridine rings is 1. The monoisotopic (exact) mass is 416 g/mol. The summed E-state index contributed by atoms with van der Waals surface area (Å²) in [6.45, 7) is 3.24. The van der Waals surface area contributed by atoms with Crippen LogP contribution in [0.3, 0.4) is 0 Å². The Kier molecular flexibility index (Phi) is 5.84. The summed E-state index contributed by atoms with van der Waals surface area (Å²) in [7, 11) is 1.58. The van der Waals surface area contributed by atoms with Gasteiger partial charge in [-0.3, -0.25) is 14.2 Å².